The number of aromatic hydroxyl groups is 4. The molecule has 89 heavy (non-hydrogen) atoms. The van der Waals surface area contributed by atoms with Crippen molar-refractivity contribution < 1.29 is 69.0 Å². The normalized spacial score (nSPS) is 34.7. The van der Waals surface area contributed by atoms with E-state index in [1.165, 1.54) is 57.6 Å². The summed E-state index contributed by atoms with van der Waals surface area (Å²) in [6.07, 6.45) is 15.9. The Balaban J connectivity index is 0.0000000920. The Hall–Kier alpha value is -8.03. The summed E-state index contributed by atoms with van der Waals surface area (Å²) in [4.78, 5) is 19.9. The highest BCUT2D eigenvalue weighted by Crippen LogP contribution is 2.66. The molecule has 6 aliphatic carbocycles. The molecule has 6 aromatic carbocycles. The monoisotopic (exact) mass is 1200 g/mol. The van der Waals surface area contributed by atoms with Crippen molar-refractivity contribution in [1.29, 1.82) is 0 Å². The number of likely N-dealkylation sites (N-methyl/N-ethyl adjacent to an activating group) is 3. The number of carbonyl (C=O) groups excluding carboxylic acids is 1. The average molecular weight is 1200 g/mol. The molecule has 8 aliphatic heterocycles. The molecule has 17 nitrogen and oxygen atoms in total. The van der Waals surface area contributed by atoms with Crippen molar-refractivity contribution in [3.05, 3.63) is 189 Å². The maximum atomic E-state index is 12.5. The molecule has 4 spiro atoms. The molecule has 20 rings (SSSR count). The lowest BCUT2D eigenvalue weighted by Gasteiger charge is -2.56. The largest absolute Gasteiger partial charge is 0.508 e. The minimum absolute atomic E-state index is 0.0371. The Morgan fingerprint density at radius 1 is 0.494 bits per heavy atom. The van der Waals surface area contributed by atoms with Crippen LogP contribution in [0.25, 0.3) is 0 Å². The highest BCUT2D eigenvalue weighted by Gasteiger charge is 2.67. The quantitative estimate of drug-likeness (QED) is 0.0623. The van der Waals surface area contributed by atoms with Crippen molar-refractivity contribution in [2.24, 2.45) is 17.8 Å². The van der Waals surface area contributed by atoms with Crippen molar-refractivity contribution in [2.45, 2.75) is 115 Å². The second kappa shape index (κ2) is 19.2. The van der Waals surface area contributed by atoms with Gasteiger partial charge in [0.15, 0.2) is 40.1 Å². The molecule has 0 amide bonds. The third kappa shape index (κ3) is 7.19. The Labute approximate surface area is 514 Å². The number of likely N-dealkylation sites (tertiary alicyclic amines) is 3. The molecule has 458 valence electrons. The number of methoxy groups -OCH3 is 1. The Morgan fingerprint density at radius 3 is 1.36 bits per heavy atom. The van der Waals surface area contributed by atoms with Crippen LogP contribution >= 0.6 is 0 Å². The van der Waals surface area contributed by atoms with Crippen molar-refractivity contribution in [2.75, 3.05) is 47.9 Å². The number of piperidine rings is 3. The molecule has 7 N–H and O–H groups in total. The average Bonchev–Trinajstić information content (AvgIpc) is 1.62. The van der Waals surface area contributed by atoms with E-state index in [0.717, 1.165) is 69.7 Å². The number of ether oxygens (including phenoxy) is 6. The third-order valence-corrected chi connectivity index (χ3v) is 23.3. The predicted octanol–water partition coefficient (Wildman–Crippen LogP) is 7.56. The summed E-state index contributed by atoms with van der Waals surface area (Å²) in [5.41, 5.74) is 8.47. The van der Waals surface area contributed by atoms with Gasteiger partial charge in [0.2, 0.25) is 0 Å². The molecule has 17 heteroatoms. The van der Waals surface area contributed by atoms with E-state index in [-0.39, 0.29) is 57.6 Å². The first kappa shape index (κ1) is 55.1. The van der Waals surface area contributed by atoms with E-state index in [9.17, 15) is 40.5 Å². The number of phenolic OH excluding ortho intramolecular Hbond substituents is 4. The van der Waals surface area contributed by atoms with E-state index in [2.05, 4.69) is 60.1 Å². The first-order chi connectivity index (χ1) is 43.0. The maximum absolute atomic E-state index is 12.5. The van der Waals surface area contributed by atoms with E-state index >= 15 is 0 Å². The lowest BCUT2D eigenvalue weighted by Crippen LogP contribution is -2.64. The van der Waals surface area contributed by atoms with Crippen LogP contribution in [0.3, 0.4) is 0 Å². The fraction of sp³-hybridized carbons (Fsp3) is 0.403. The summed E-state index contributed by atoms with van der Waals surface area (Å²) in [5.74, 6) is 4.88. The van der Waals surface area contributed by atoms with Gasteiger partial charge in [-0.2, -0.15) is 0 Å². The van der Waals surface area contributed by atoms with Gasteiger partial charge in [-0.15, -0.1) is 0 Å². The first-order valence-electron chi connectivity index (χ1n) is 31.3. The molecule has 3 saturated heterocycles. The van der Waals surface area contributed by atoms with Gasteiger partial charge in [-0.05, 0) is 145 Å². The number of fused-ring (bicyclic) bond motifs is 6. The van der Waals surface area contributed by atoms with Crippen LogP contribution in [0.4, 0.5) is 0 Å². The SMILES string of the molecule is CN1CC[C@]23c4c5ccc(O)c4O[C@H]2[C@@H](O)C=C[C@H]3[C@H]1C5.CN1CC[C@]23c4c5ccc(O)c4O[C@H]2[C@@H](O)C=C[C@H]3[C@H]1C5.COc1ccc2c3c1O[C@H]1[C@@H](O)C=C[C@H]4[C@@H](C2)N(C)CC[C@@]341.O=C1OC2(c3ccc(O)cc3Oc3cc(O)ccc32)c2ccccc21. The van der Waals surface area contributed by atoms with E-state index in [0.29, 0.717) is 81.1 Å². The minimum atomic E-state index is -1.17. The number of benzene rings is 6. The highest BCUT2D eigenvalue weighted by atomic mass is 16.6. The fourth-order valence-electron chi connectivity index (χ4n) is 19.5. The number of rotatable bonds is 1. The zero-order valence-corrected chi connectivity index (χ0v) is 49.8. The van der Waals surface area contributed by atoms with Crippen LogP contribution in [0, 0.1) is 17.8 Å². The number of esters is 1. The van der Waals surface area contributed by atoms with Crippen LogP contribution in [0.15, 0.2) is 134 Å². The van der Waals surface area contributed by atoms with Gasteiger partial charge in [-0.25, -0.2) is 4.79 Å². The van der Waals surface area contributed by atoms with E-state index in [1.807, 2.05) is 48.6 Å². The number of phenols is 4. The zero-order chi connectivity index (χ0) is 60.9. The van der Waals surface area contributed by atoms with Gasteiger partial charge in [0, 0.05) is 97.6 Å². The Kier molecular flexibility index (Phi) is 11.9. The van der Waals surface area contributed by atoms with E-state index in [4.69, 9.17) is 28.4 Å². The maximum Gasteiger partial charge on any atom is 0.340 e. The van der Waals surface area contributed by atoms with Gasteiger partial charge in [0.05, 0.1) is 12.7 Å². The van der Waals surface area contributed by atoms with Crippen LogP contribution in [0.1, 0.15) is 79.7 Å². The summed E-state index contributed by atoms with van der Waals surface area (Å²) in [5, 5.41) is 71.5. The third-order valence-electron chi connectivity index (χ3n) is 23.3. The van der Waals surface area contributed by atoms with Gasteiger partial charge in [0.1, 0.15) is 59.6 Å². The summed E-state index contributed by atoms with van der Waals surface area (Å²) < 4.78 is 35.8. The van der Waals surface area contributed by atoms with E-state index in [1.54, 1.807) is 43.5 Å². The fourth-order valence-corrected chi connectivity index (χ4v) is 19.5. The van der Waals surface area contributed by atoms with Crippen LogP contribution < -0.4 is 23.7 Å². The summed E-state index contributed by atoms with van der Waals surface area (Å²) in [7, 11) is 8.28. The standard InChI is InChI=1S/C20H12O5.C18H21NO3.2C17H19NO3/c21-11-5-7-15-17(9-11)24-18-10-12(22)6-8-16(18)20(15)14-4-2-1-3-13(14)19(23)25-20;1-19-8-7-18-11-4-5-13(20)17(18)22-16-14(21-2)6-3-10(15(16)18)9-12(11)19;2*1-18-7-6-17-10-3-5-13(20)16(17)21-15-12(19)4-2-9(14(15)17)8-11(10)18/h1-10,21-22H;3-6,11-13,17,20H,7-9H2,1-2H3;2*2-5,10-11,13,16,19-20H,6-8H2,1H3/t;11-,12+,13-,17-,18-;2*10-,11+,13-,16-,17-/m.000/s1. The lowest BCUT2D eigenvalue weighted by atomic mass is 9.53. The van der Waals surface area contributed by atoms with Gasteiger partial charge in [-0.1, -0.05) is 72.9 Å². The summed E-state index contributed by atoms with van der Waals surface area (Å²) >= 11 is 0. The predicted molar refractivity (Wildman–Crippen MR) is 326 cm³/mol. The van der Waals surface area contributed by atoms with Crippen LogP contribution in [0.2, 0.25) is 0 Å². The number of aliphatic hydroxyl groups excluding tert-OH is 3. The second-order valence-electron chi connectivity index (χ2n) is 27.1. The van der Waals surface area contributed by atoms with Gasteiger partial charge >= 0.3 is 5.97 Å². The molecular weight excluding hydrogens is 1130 g/mol. The number of hydrogen-bond acceptors (Lipinski definition) is 17. The Morgan fingerprint density at radius 2 is 0.910 bits per heavy atom. The van der Waals surface area contributed by atoms with Crippen molar-refractivity contribution in [3.63, 3.8) is 0 Å². The highest BCUT2D eigenvalue weighted by molar-refractivity contribution is 5.97. The van der Waals surface area contributed by atoms with Crippen molar-refractivity contribution in [3.8, 4) is 57.5 Å². The van der Waals surface area contributed by atoms with Crippen LogP contribution in [-0.2, 0) is 45.8 Å². The number of hydrogen-bond donors (Lipinski definition) is 7. The molecule has 0 aromatic heterocycles. The minimum Gasteiger partial charge on any atom is -0.508 e. The molecule has 6 aromatic rings. The molecule has 0 radical (unpaired) electrons. The molecular formula is C72H71N3O14. The van der Waals surface area contributed by atoms with Gasteiger partial charge in [0.25, 0.3) is 0 Å². The van der Waals surface area contributed by atoms with Gasteiger partial charge in [-0.3, -0.25) is 0 Å². The molecule has 8 heterocycles. The number of aliphatic hydroxyl groups is 3. The summed E-state index contributed by atoms with van der Waals surface area (Å²) in [6, 6.07) is 29.7. The zero-order valence-electron chi connectivity index (χ0n) is 49.8. The molecule has 0 unspecified atom stereocenters. The molecule has 14 aliphatic rings. The Bertz CT molecular complexity index is 3940. The molecule has 3 fully saturated rings. The first-order valence-corrected chi connectivity index (χ1v) is 31.3. The van der Waals surface area contributed by atoms with E-state index < -0.39 is 29.9 Å². The van der Waals surface area contributed by atoms with Crippen molar-refractivity contribution in [1.82, 2.24) is 14.7 Å². The second-order valence-corrected chi connectivity index (χ2v) is 27.1. The van der Waals surface area contributed by atoms with Crippen LogP contribution in [-0.4, -0.2) is 159 Å². The number of carbonyl (C=O) groups is 1. The summed E-state index contributed by atoms with van der Waals surface area (Å²) in [6.45, 7) is 3.07. The smallest absolute Gasteiger partial charge is 0.340 e. The molecule has 15 atom stereocenters. The lowest BCUT2D eigenvalue weighted by molar-refractivity contribution is -0.0453. The van der Waals surface area contributed by atoms with Crippen LogP contribution in [0.5, 0.6) is 57.5 Å². The topological polar surface area (TPSA) is 224 Å². The molecule has 0 saturated carbocycles. The number of nitrogens with zero attached hydrogens (tertiary/aromatic N) is 3. The molecule has 6 bridgehead atoms. The van der Waals surface area contributed by atoms with Crippen molar-refractivity contribution >= 4 is 5.97 Å². The van der Waals surface area contributed by atoms with Gasteiger partial charge < -0.3 is 78.9 Å².